The maximum absolute atomic E-state index is 12.9. The van der Waals surface area contributed by atoms with E-state index in [2.05, 4.69) is 45.2 Å². The number of aromatic amines is 1. The van der Waals surface area contributed by atoms with Crippen LogP contribution in [0, 0.1) is 6.92 Å². The summed E-state index contributed by atoms with van der Waals surface area (Å²) >= 11 is 1.75. The van der Waals surface area contributed by atoms with Gasteiger partial charge in [-0.15, -0.1) is 5.10 Å². The number of fused-ring (bicyclic) bond motifs is 1. The molecule has 1 aliphatic rings. The van der Waals surface area contributed by atoms with Gasteiger partial charge in [0.25, 0.3) is 5.56 Å². The summed E-state index contributed by atoms with van der Waals surface area (Å²) in [6.07, 6.45) is 1.95. The molecule has 2 aromatic heterocycles. The molecule has 10 nitrogen and oxygen atoms in total. The summed E-state index contributed by atoms with van der Waals surface area (Å²) in [6, 6.07) is 6.11. The number of aryl methyl sites for hydroxylation is 2. The first-order valence-electron chi connectivity index (χ1n) is 11.9. The molecule has 35 heavy (non-hydrogen) atoms. The molecule has 0 amide bonds. The van der Waals surface area contributed by atoms with Crippen LogP contribution in [0.25, 0.3) is 16.9 Å². The summed E-state index contributed by atoms with van der Waals surface area (Å²) in [4.78, 5) is 40.3. The number of rotatable bonds is 8. The lowest BCUT2D eigenvalue weighted by Gasteiger charge is -2.33. The molecule has 3 aromatic rings. The molecule has 0 unspecified atom stereocenters. The summed E-state index contributed by atoms with van der Waals surface area (Å²) in [7, 11) is 0. The summed E-state index contributed by atoms with van der Waals surface area (Å²) in [6.45, 7) is 14.0. The third-order valence-corrected chi connectivity index (χ3v) is 6.82. The van der Waals surface area contributed by atoms with E-state index in [9.17, 15) is 4.79 Å². The number of nitrogens with zero attached hydrogens (tertiary/aromatic N) is 5. The van der Waals surface area contributed by atoms with Crippen molar-refractivity contribution >= 4 is 23.6 Å². The number of ether oxygens (including phenoxy) is 1. The van der Waals surface area contributed by atoms with Gasteiger partial charge in [-0.1, -0.05) is 13.8 Å². The highest BCUT2D eigenvalue weighted by molar-refractivity contribution is 7.97. The number of likely N-dealkylation sites (N-methyl/N-ethyl adjacent to an activating group) is 1. The molecule has 0 radical (unpaired) electrons. The molecule has 0 aliphatic carbocycles. The van der Waals surface area contributed by atoms with Gasteiger partial charge in [-0.25, -0.2) is 13.8 Å². The largest absolute Gasteiger partial charge is 0.493 e. The second-order valence-corrected chi connectivity index (χ2v) is 9.23. The number of aromatic nitrogens is 4. The van der Waals surface area contributed by atoms with Crippen LogP contribution in [0.3, 0.4) is 0 Å². The maximum atomic E-state index is 12.9. The van der Waals surface area contributed by atoms with E-state index in [1.807, 2.05) is 19.9 Å². The average molecular weight is 501 g/mol. The number of nitrogens with one attached hydrogen (secondary N) is 1. The Morgan fingerprint density at radius 1 is 1.14 bits per heavy atom. The number of piperazine rings is 1. The van der Waals surface area contributed by atoms with Crippen LogP contribution in [0.1, 0.15) is 38.7 Å². The van der Waals surface area contributed by atoms with Gasteiger partial charge in [-0.05, 0) is 57.0 Å². The van der Waals surface area contributed by atoms with Gasteiger partial charge >= 0.3 is 6.15 Å². The van der Waals surface area contributed by atoms with Gasteiger partial charge in [0.15, 0.2) is 11.3 Å². The number of imidazole rings is 1. The molecule has 0 saturated carbocycles. The number of hydrogen-bond acceptors (Lipinski definition) is 9. The predicted octanol–water partition coefficient (Wildman–Crippen LogP) is 2.81. The summed E-state index contributed by atoms with van der Waals surface area (Å²) in [5.41, 5.74) is 1.82. The Hall–Kier alpha value is -2.98. The Bertz CT molecular complexity index is 1230. The zero-order valence-corrected chi connectivity index (χ0v) is 21.5. The quantitative estimate of drug-likeness (QED) is 0.467. The van der Waals surface area contributed by atoms with Crippen molar-refractivity contribution in [2.24, 2.45) is 0 Å². The van der Waals surface area contributed by atoms with Crippen molar-refractivity contribution in [3.8, 4) is 17.1 Å². The van der Waals surface area contributed by atoms with Crippen molar-refractivity contribution in [3.63, 3.8) is 0 Å². The third kappa shape index (κ3) is 6.37. The van der Waals surface area contributed by atoms with Gasteiger partial charge in [0.1, 0.15) is 11.6 Å². The van der Waals surface area contributed by atoms with E-state index in [1.54, 1.807) is 16.5 Å². The zero-order valence-electron chi connectivity index (χ0n) is 20.7. The summed E-state index contributed by atoms with van der Waals surface area (Å²) in [5.74, 6) is 2.02. The lowest BCUT2D eigenvalue weighted by Crippen LogP contribution is -2.43. The topological polar surface area (TPSA) is 113 Å². The lowest BCUT2D eigenvalue weighted by molar-refractivity contribution is -0.191. The molecule has 188 valence electrons. The van der Waals surface area contributed by atoms with Gasteiger partial charge in [-0.2, -0.15) is 9.59 Å². The summed E-state index contributed by atoms with van der Waals surface area (Å²) in [5, 5.41) is 4.79. The van der Waals surface area contributed by atoms with E-state index in [4.69, 9.17) is 19.4 Å². The van der Waals surface area contributed by atoms with Crippen molar-refractivity contribution in [1.82, 2.24) is 28.8 Å². The van der Waals surface area contributed by atoms with Crippen LogP contribution in [0.5, 0.6) is 5.75 Å². The fourth-order valence-corrected chi connectivity index (χ4v) is 5.00. The first-order chi connectivity index (χ1) is 16.9. The fourth-order valence-electron chi connectivity index (χ4n) is 4.06. The van der Waals surface area contributed by atoms with Crippen molar-refractivity contribution in [2.45, 2.75) is 45.4 Å². The van der Waals surface area contributed by atoms with E-state index in [-0.39, 0.29) is 11.7 Å². The molecular formula is C24H32N6O4S. The second-order valence-electron chi connectivity index (χ2n) is 8.06. The Morgan fingerprint density at radius 3 is 2.49 bits per heavy atom. The highest BCUT2D eigenvalue weighted by Crippen LogP contribution is 2.34. The van der Waals surface area contributed by atoms with Crippen molar-refractivity contribution in [2.75, 3.05) is 39.3 Å². The van der Waals surface area contributed by atoms with Crippen LogP contribution in [-0.4, -0.2) is 74.3 Å². The van der Waals surface area contributed by atoms with E-state index in [0.717, 1.165) is 61.8 Å². The normalized spacial score (nSPS) is 14.4. The molecule has 0 bridgehead atoms. The number of carbonyl (C=O) groups excluding carboxylic acids is 2. The standard InChI is InChI=1S/C23H32N6O2S.CO2/c1-5-8-20-24-16(4)21-23(30)25-22(26-29(20)21)18-15-17(9-10-19(18)31-7-3)32-28-13-11-27(6-2)12-14-28;2-1-3/h9-10,15H,5-8,11-14H2,1-4H3,(H,25,26,30);. The van der Waals surface area contributed by atoms with Crippen LogP contribution in [0.15, 0.2) is 27.9 Å². The number of benzene rings is 1. The monoisotopic (exact) mass is 500 g/mol. The van der Waals surface area contributed by atoms with Crippen LogP contribution in [0.2, 0.25) is 0 Å². The summed E-state index contributed by atoms with van der Waals surface area (Å²) < 4.78 is 9.98. The predicted molar refractivity (Wildman–Crippen MR) is 133 cm³/mol. The fraction of sp³-hybridized carbons (Fsp3) is 0.500. The molecule has 1 saturated heterocycles. The van der Waals surface area contributed by atoms with Crippen LogP contribution >= 0.6 is 11.9 Å². The average Bonchev–Trinajstić information content (AvgIpc) is 3.17. The molecule has 1 N–H and O–H groups in total. The molecule has 0 atom stereocenters. The number of hydrogen-bond donors (Lipinski definition) is 1. The maximum Gasteiger partial charge on any atom is 0.373 e. The minimum Gasteiger partial charge on any atom is -0.493 e. The molecule has 11 heteroatoms. The molecule has 0 spiro atoms. The smallest absolute Gasteiger partial charge is 0.373 e. The molecule has 1 aromatic carbocycles. The molecule has 3 heterocycles. The Balaban J connectivity index is 0.00000108. The zero-order chi connectivity index (χ0) is 25.4. The van der Waals surface area contributed by atoms with Gasteiger partial charge in [0, 0.05) is 37.5 Å². The third-order valence-electron chi connectivity index (χ3n) is 5.74. The highest BCUT2D eigenvalue weighted by atomic mass is 32.2. The van der Waals surface area contributed by atoms with Gasteiger partial charge in [-0.3, -0.25) is 4.79 Å². The minimum atomic E-state index is -0.182. The van der Waals surface area contributed by atoms with E-state index in [0.29, 0.717) is 29.4 Å². The Morgan fingerprint density at radius 2 is 1.86 bits per heavy atom. The molecule has 1 aliphatic heterocycles. The Kier molecular flexibility index (Phi) is 9.62. The van der Waals surface area contributed by atoms with Crippen LogP contribution in [-0.2, 0) is 16.0 Å². The van der Waals surface area contributed by atoms with E-state index < -0.39 is 0 Å². The first-order valence-corrected chi connectivity index (χ1v) is 12.6. The lowest BCUT2D eigenvalue weighted by atomic mass is 10.2. The van der Waals surface area contributed by atoms with Crippen molar-refractivity contribution in [1.29, 1.82) is 0 Å². The van der Waals surface area contributed by atoms with Crippen molar-refractivity contribution in [3.05, 3.63) is 40.1 Å². The van der Waals surface area contributed by atoms with Gasteiger partial charge in [0.2, 0.25) is 0 Å². The van der Waals surface area contributed by atoms with Gasteiger partial charge < -0.3 is 14.6 Å². The van der Waals surface area contributed by atoms with Crippen LogP contribution in [0.4, 0.5) is 0 Å². The van der Waals surface area contributed by atoms with Crippen LogP contribution < -0.4 is 10.3 Å². The first kappa shape index (κ1) is 26.6. The SMILES string of the molecule is CCCc1nc(C)c2c(=O)[nH]c(-c3cc(SN4CCN(CC)CC4)ccc3OCC)nn12.O=C=O. The minimum absolute atomic E-state index is 0.182. The molecule has 4 rings (SSSR count). The Labute approximate surface area is 208 Å². The van der Waals surface area contributed by atoms with E-state index in [1.165, 1.54) is 0 Å². The van der Waals surface area contributed by atoms with E-state index >= 15 is 0 Å². The highest BCUT2D eigenvalue weighted by Gasteiger charge is 2.20. The van der Waals surface area contributed by atoms with Crippen molar-refractivity contribution < 1.29 is 14.3 Å². The molecular weight excluding hydrogens is 468 g/mol. The second kappa shape index (κ2) is 12.6. The van der Waals surface area contributed by atoms with Gasteiger partial charge in [0.05, 0.1) is 17.9 Å². The molecule has 1 fully saturated rings. The number of H-pyrrole nitrogens is 1.